The minimum atomic E-state index is 0.341. The van der Waals surface area contributed by atoms with Crippen LogP contribution in [0.15, 0.2) is 12.3 Å². The first-order chi connectivity index (χ1) is 7.51. The van der Waals surface area contributed by atoms with Gasteiger partial charge in [-0.2, -0.15) is 0 Å². The van der Waals surface area contributed by atoms with Crippen molar-refractivity contribution >= 4 is 0 Å². The predicted octanol–water partition coefficient (Wildman–Crippen LogP) is 3.85. The fourth-order valence-corrected chi connectivity index (χ4v) is 1.42. The van der Waals surface area contributed by atoms with Gasteiger partial charge in [0.1, 0.15) is 0 Å². The summed E-state index contributed by atoms with van der Waals surface area (Å²) >= 11 is 0. The van der Waals surface area contributed by atoms with Crippen molar-refractivity contribution in [3.05, 3.63) is 12.3 Å². The summed E-state index contributed by atoms with van der Waals surface area (Å²) in [7, 11) is 2.11. The van der Waals surface area contributed by atoms with Gasteiger partial charge in [-0.3, -0.25) is 5.32 Å². The summed E-state index contributed by atoms with van der Waals surface area (Å²) < 4.78 is 0. The van der Waals surface area contributed by atoms with E-state index in [-0.39, 0.29) is 0 Å². The Morgan fingerprint density at radius 2 is 1.59 bits per heavy atom. The Hall–Kier alpha value is -0.500. The predicted molar refractivity (Wildman–Crippen MR) is 77.9 cm³/mol. The Morgan fingerprint density at radius 1 is 1.06 bits per heavy atom. The van der Waals surface area contributed by atoms with Gasteiger partial charge >= 0.3 is 0 Å². The van der Waals surface area contributed by atoms with E-state index in [0.717, 1.165) is 19.6 Å². The lowest BCUT2D eigenvalue weighted by Crippen LogP contribution is -2.35. The SMILES string of the molecule is C=C(CCC(C)(C)C)N(C)CNCC(C)(C)C. The average Bonchev–Trinajstić information content (AvgIpc) is 2.10. The van der Waals surface area contributed by atoms with Crippen LogP contribution < -0.4 is 5.32 Å². The number of nitrogens with zero attached hydrogens (tertiary/aromatic N) is 1. The first-order valence-corrected chi connectivity index (χ1v) is 6.61. The Kier molecular flexibility index (Phi) is 6.25. The number of rotatable bonds is 6. The van der Waals surface area contributed by atoms with Crippen molar-refractivity contribution in [2.45, 2.75) is 54.4 Å². The maximum Gasteiger partial charge on any atom is 0.0675 e. The van der Waals surface area contributed by atoms with E-state index in [1.54, 1.807) is 0 Å². The van der Waals surface area contributed by atoms with Crippen LogP contribution in [0.1, 0.15) is 54.4 Å². The number of nitrogens with one attached hydrogen (secondary N) is 1. The molecule has 1 N–H and O–H groups in total. The standard InChI is InChI=1S/C15H32N2/c1-13(9-10-14(2,3)4)17(8)12-16-11-15(5,6)7/h16H,1,9-12H2,2-8H3. The smallest absolute Gasteiger partial charge is 0.0675 e. The molecule has 0 spiro atoms. The van der Waals surface area contributed by atoms with Gasteiger partial charge in [-0.05, 0) is 23.7 Å². The number of hydrogen-bond donors (Lipinski definition) is 1. The van der Waals surface area contributed by atoms with Crippen molar-refractivity contribution in [2.24, 2.45) is 10.8 Å². The van der Waals surface area contributed by atoms with E-state index in [2.05, 4.69) is 65.4 Å². The summed E-state index contributed by atoms with van der Waals surface area (Å²) in [5, 5.41) is 3.47. The van der Waals surface area contributed by atoms with Crippen LogP contribution >= 0.6 is 0 Å². The summed E-state index contributed by atoms with van der Waals surface area (Å²) in [5.74, 6) is 0. The third-order valence-corrected chi connectivity index (χ3v) is 2.71. The molecule has 0 aromatic heterocycles. The Bertz CT molecular complexity index is 230. The molecule has 0 saturated heterocycles. The zero-order valence-corrected chi connectivity index (χ0v) is 13.0. The Labute approximate surface area is 108 Å². The third kappa shape index (κ3) is 10.4. The number of allylic oxidation sites excluding steroid dienone is 1. The van der Waals surface area contributed by atoms with Gasteiger partial charge in [0.05, 0.1) is 6.67 Å². The van der Waals surface area contributed by atoms with Gasteiger partial charge in [0.15, 0.2) is 0 Å². The Morgan fingerprint density at radius 3 is 2.00 bits per heavy atom. The second-order valence-corrected chi connectivity index (χ2v) is 7.47. The summed E-state index contributed by atoms with van der Waals surface area (Å²) in [6.07, 6.45) is 2.27. The highest BCUT2D eigenvalue weighted by atomic mass is 15.2. The van der Waals surface area contributed by atoms with Crippen LogP contribution in [-0.2, 0) is 0 Å². The van der Waals surface area contributed by atoms with E-state index < -0.39 is 0 Å². The second-order valence-electron chi connectivity index (χ2n) is 7.47. The van der Waals surface area contributed by atoms with Gasteiger partial charge in [-0.1, -0.05) is 48.1 Å². The molecule has 102 valence electrons. The summed E-state index contributed by atoms with van der Waals surface area (Å²) in [5.41, 5.74) is 1.96. The zero-order valence-electron chi connectivity index (χ0n) is 13.0. The minimum Gasteiger partial charge on any atom is -0.366 e. The van der Waals surface area contributed by atoms with E-state index in [4.69, 9.17) is 0 Å². The summed E-state index contributed by atoms with van der Waals surface area (Å²) in [4.78, 5) is 2.22. The molecule has 0 aromatic rings. The highest BCUT2D eigenvalue weighted by molar-refractivity contribution is 4.93. The van der Waals surface area contributed by atoms with Crippen LogP contribution in [0.4, 0.5) is 0 Å². The monoisotopic (exact) mass is 240 g/mol. The van der Waals surface area contributed by atoms with Crippen molar-refractivity contribution in [1.29, 1.82) is 0 Å². The van der Waals surface area contributed by atoms with Crippen LogP contribution in [0.3, 0.4) is 0 Å². The minimum absolute atomic E-state index is 0.341. The van der Waals surface area contributed by atoms with Gasteiger partial charge in [0.25, 0.3) is 0 Å². The fourth-order valence-electron chi connectivity index (χ4n) is 1.42. The van der Waals surface area contributed by atoms with Crippen molar-refractivity contribution in [3.63, 3.8) is 0 Å². The van der Waals surface area contributed by atoms with E-state index in [1.165, 1.54) is 12.1 Å². The first-order valence-electron chi connectivity index (χ1n) is 6.61. The highest BCUT2D eigenvalue weighted by Crippen LogP contribution is 2.23. The maximum absolute atomic E-state index is 4.16. The molecule has 0 radical (unpaired) electrons. The molecule has 0 fully saturated rings. The molecule has 0 amide bonds. The van der Waals surface area contributed by atoms with Crippen molar-refractivity contribution in [1.82, 2.24) is 10.2 Å². The van der Waals surface area contributed by atoms with E-state index in [9.17, 15) is 0 Å². The third-order valence-electron chi connectivity index (χ3n) is 2.71. The van der Waals surface area contributed by atoms with Crippen LogP contribution in [0, 0.1) is 10.8 Å². The molecule has 2 heteroatoms. The van der Waals surface area contributed by atoms with Crippen molar-refractivity contribution < 1.29 is 0 Å². The quantitative estimate of drug-likeness (QED) is 0.709. The molecule has 0 rings (SSSR count). The van der Waals surface area contributed by atoms with Crippen LogP contribution in [0.2, 0.25) is 0 Å². The lowest BCUT2D eigenvalue weighted by atomic mass is 9.90. The highest BCUT2D eigenvalue weighted by Gasteiger charge is 2.13. The molecule has 0 bridgehead atoms. The molecule has 0 heterocycles. The van der Waals surface area contributed by atoms with Crippen molar-refractivity contribution in [3.8, 4) is 0 Å². The van der Waals surface area contributed by atoms with Crippen LogP contribution in [0.5, 0.6) is 0 Å². The average molecular weight is 240 g/mol. The molecule has 0 aromatic carbocycles. The summed E-state index contributed by atoms with van der Waals surface area (Å²) in [6, 6.07) is 0. The zero-order chi connectivity index (χ0) is 13.7. The van der Waals surface area contributed by atoms with Gasteiger partial charge in [0.2, 0.25) is 0 Å². The normalized spacial score (nSPS) is 12.6. The molecular weight excluding hydrogens is 208 g/mol. The molecule has 0 aliphatic heterocycles. The fraction of sp³-hybridized carbons (Fsp3) is 0.867. The van der Waals surface area contributed by atoms with E-state index in [0.29, 0.717) is 10.8 Å². The molecule has 17 heavy (non-hydrogen) atoms. The van der Waals surface area contributed by atoms with Crippen molar-refractivity contribution in [2.75, 3.05) is 20.3 Å². The molecule has 0 unspecified atom stereocenters. The lowest BCUT2D eigenvalue weighted by Gasteiger charge is -2.27. The molecule has 0 aliphatic carbocycles. The topological polar surface area (TPSA) is 15.3 Å². The van der Waals surface area contributed by atoms with Gasteiger partial charge < -0.3 is 4.90 Å². The largest absolute Gasteiger partial charge is 0.366 e. The van der Waals surface area contributed by atoms with Crippen LogP contribution in [0.25, 0.3) is 0 Å². The number of hydrogen-bond acceptors (Lipinski definition) is 2. The Balaban J connectivity index is 3.83. The molecule has 0 aliphatic rings. The van der Waals surface area contributed by atoms with Crippen LogP contribution in [-0.4, -0.2) is 25.2 Å². The molecule has 0 atom stereocenters. The molecule has 0 saturated carbocycles. The van der Waals surface area contributed by atoms with Gasteiger partial charge in [-0.15, -0.1) is 0 Å². The van der Waals surface area contributed by atoms with Gasteiger partial charge in [-0.25, -0.2) is 0 Å². The maximum atomic E-state index is 4.16. The lowest BCUT2D eigenvalue weighted by molar-refractivity contribution is 0.297. The van der Waals surface area contributed by atoms with E-state index in [1.807, 2.05) is 0 Å². The second kappa shape index (κ2) is 6.44. The first kappa shape index (κ1) is 16.5. The van der Waals surface area contributed by atoms with E-state index >= 15 is 0 Å². The molecule has 2 nitrogen and oxygen atoms in total. The van der Waals surface area contributed by atoms with Gasteiger partial charge in [0, 0.05) is 19.3 Å². The summed E-state index contributed by atoms with van der Waals surface area (Å²) in [6.45, 7) is 19.6. The molecular formula is C15H32N2.